The van der Waals surface area contributed by atoms with E-state index in [-0.39, 0.29) is 23.8 Å². The number of carbonyl (C=O) groups is 1. The second-order valence-electron chi connectivity index (χ2n) is 7.97. The van der Waals surface area contributed by atoms with Crippen molar-refractivity contribution in [1.82, 2.24) is 19.9 Å². The van der Waals surface area contributed by atoms with Crippen molar-refractivity contribution in [3.05, 3.63) is 88.3 Å². The third-order valence-electron chi connectivity index (χ3n) is 5.75. The molecule has 31 heavy (non-hydrogen) atoms. The van der Waals surface area contributed by atoms with E-state index in [9.17, 15) is 13.6 Å². The third kappa shape index (κ3) is 4.60. The SMILES string of the molecule is Cc1ncc(C(=O)N2CCCC(c3ccc(Cc4c(F)cccc4F)cn3)C2)c(C)n1. The summed E-state index contributed by atoms with van der Waals surface area (Å²) in [6.45, 7) is 4.88. The second kappa shape index (κ2) is 8.88. The van der Waals surface area contributed by atoms with Gasteiger partial charge >= 0.3 is 0 Å². The van der Waals surface area contributed by atoms with Crippen LogP contribution in [0.2, 0.25) is 0 Å². The fourth-order valence-corrected chi connectivity index (χ4v) is 4.05. The molecule has 1 unspecified atom stereocenters. The lowest BCUT2D eigenvalue weighted by atomic mass is 9.93. The molecule has 7 heteroatoms. The number of halogens is 2. The number of aryl methyl sites for hydroxylation is 2. The van der Waals surface area contributed by atoms with Gasteiger partial charge in [-0.15, -0.1) is 0 Å². The van der Waals surface area contributed by atoms with Crippen LogP contribution in [0, 0.1) is 25.5 Å². The van der Waals surface area contributed by atoms with Crippen LogP contribution in [0.3, 0.4) is 0 Å². The lowest BCUT2D eigenvalue weighted by molar-refractivity contribution is 0.0704. The lowest BCUT2D eigenvalue weighted by Gasteiger charge is -2.32. The van der Waals surface area contributed by atoms with Gasteiger partial charge in [-0.3, -0.25) is 9.78 Å². The van der Waals surface area contributed by atoms with Crippen molar-refractivity contribution in [2.24, 2.45) is 0 Å². The molecule has 1 fully saturated rings. The van der Waals surface area contributed by atoms with Crippen LogP contribution in [0.5, 0.6) is 0 Å². The molecule has 160 valence electrons. The zero-order valence-corrected chi connectivity index (χ0v) is 17.6. The van der Waals surface area contributed by atoms with Gasteiger partial charge in [-0.05, 0) is 50.5 Å². The van der Waals surface area contributed by atoms with Crippen molar-refractivity contribution in [2.45, 2.75) is 39.0 Å². The number of pyridine rings is 1. The minimum Gasteiger partial charge on any atom is -0.338 e. The summed E-state index contributed by atoms with van der Waals surface area (Å²) in [6, 6.07) is 7.62. The Morgan fingerprint density at radius 3 is 2.55 bits per heavy atom. The second-order valence-corrected chi connectivity index (χ2v) is 7.97. The van der Waals surface area contributed by atoms with Crippen molar-refractivity contribution in [3.8, 4) is 0 Å². The van der Waals surface area contributed by atoms with E-state index >= 15 is 0 Å². The number of nitrogens with zero attached hydrogens (tertiary/aromatic N) is 4. The lowest BCUT2D eigenvalue weighted by Crippen LogP contribution is -2.39. The van der Waals surface area contributed by atoms with Crippen molar-refractivity contribution in [2.75, 3.05) is 13.1 Å². The van der Waals surface area contributed by atoms with Crippen LogP contribution in [0.1, 0.15) is 57.5 Å². The Bertz CT molecular complexity index is 1080. The quantitative estimate of drug-likeness (QED) is 0.626. The molecule has 0 spiro atoms. The first-order valence-electron chi connectivity index (χ1n) is 10.4. The largest absolute Gasteiger partial charge is 0.338 e. The van der Waals surface area contributed by atoms with E-state index in [4.69, 9.17) is 0 Å². The normalized spacial score (nSPS) is 16.4. The van der Waals surface area contributed by atoms with E-state index in [0.29, 0.717) is 30.2 Å². The van der Waals surface area contributed by atoms with Gasteiger partial charge in [-0.25, -0.2) is 18.7 Å². The van der Waals surface area contributed by atoms with E-state index < -0.39 is 11.6 Å². The average Bonchev–Trinajstić information content (AvgIpc) is 2.76. The molecular weight excluding hydrogens is 398 g/mol. The van der Waals surface area contributed by atoms with Crippen LogP contribution in [0.4, 0.5) is 8.78 Å². The first kappa shape index (κ1) is 21.0. The highest BCUT2D eigenvalue weighted by Crippen LogP contribution is 2.27. The number of hydrogen-bond donors (Lipinski definition) is 0. The Kier molecular flexibility index (Phi) is 6.02. The number of rotatable bonds is 4. The van der Waals surface area contributed by atoms with Crippen LogP contribution in [-0.4, -0.2) is 38.8 Å². The van der Waals surface area contributed by atoms with E-state index in [1.54, 1.807) is 19.3 Å². The van der Waals surface area contributed by atoms with E-state index in [2.05, 4.69) is 15.0 Å². The number of likely N-dealkylation sites (tertiary alicyclic amines) is 1. The smallest absolute Gasteiger partial charge is 0.257 e. The Morgan fingerprint density at radius 2 is 1.87 bits per heavy atom. The summed E-state index contributed by atoms with van der Waals surface area (Å²) in [5.41, 5.74) is 2.88. The number of aromatic nitrogens is 3. The van der Waals surface area contributed by atoms with Crippen LogP contribution in [0.15, 0.2) is 42.7 Å². The number of hydrogen-bond acceptors (Lipinski definition) is 4. The Morgan fingerprint density at radius 1 is 1.10 bits per heavy atom. The minimum atomic E-state index is -0.555. The van der Waals surface area contributed by atoms with E-state index in [0.717, 1.165) is 24.1 Å². The molecule has 0 radical (unpaired) electrons. The molecule has 3 heterocycles. The minimum absolute atomic E-state index is 0.0437. The number of amides is 1. The standard InChI is InChI=1S/C24H24F2N4O/c1-15-20(13-27-16(2)29-15)24(31)30-10-4-5-18(14-30)23-9-8-17(12-28-23)11-19-21(25)6-3-7-22(19)26/h3,6-9,12-13,18H,4-5,10-11,14H2,1-2H3. The molecule has 0 N–H and O–H groups in total. The molecule has 0 aliphatic carbocycles. The fraction of sp³-hybridized carbons (Fsp3) is 0.333. The number of carbonyl (C=O) groups excluding carboxylic acids is 1. The van der Waals surface area contributed by atoms with E-state index in [1.165, 1.54) is 18.2 Å². The fourth-order valence-electron chi connectivity index (χ4n) is 4.05. The maximum atomic E-state index is 13.9. The van der Waals surface area contributed by atoms with Gasteiger partial charge in [0.15, 0.2) is 0 Å². The van der Waals surface area contributed by atoms with Crippen molar-refractivity contribution in [1.29, 1.82) is 0 Å². The Labute approximate surface area is 180 Å². The topological polar surface area (TPSA) is 59.0 Å². The molecule has 4 rings (SSSR count). The number of benzene rings is 1. The summed E-state index contributed by atoms with van der Waals surface area (Å²) in [5, 5.41) is 0. The molecule has 3 aromatic rings. The summed E-state index contributed by atoms with van der Waals surface area (Å²) >= 11 is 0. The van der Waals surface area contributed by atoms with Gasteiger partial charge in [0.25, 0.3) is 5.91 Å². The van der Waals surface area contributed by atoms with Crippen LogP contribution < -0.4 is 0 Å². The van der Waals surface area contributed by atoms with Gasteiger partial charge in [-0.2, -0.15) is 0 Å². The van der Waals surface area contributed by atoms with Crippen molar-refractivity contribution >= 4 is 5.91 Å². The predicted octanol–water partition coefficient (Wildman–Crippen LogP) is 4.38. The van der Waals surface area contributed by atoms with Gasteiger partial charge < -0.3 is 4.90 Å². The van der Waals surface area contributed by atoms with Crippen LogP contribution >= 0.6 is 0 Å². The molecule has 0 bridgehead atoms. The maximum absolute atomic E-state index is 13.9. The molecule has 1 amide bonds. The zero-order chi connectivity index (χ0) is 22.0. The molecule has 2 aromatic heterocycles. The molecule has 1 aliphatic rings. The van der Waals surface area contributed by atoms with Gasteiger partial charge in [-0.1, -0.05) is 12.1 Å². The Hall–Kier alpha value is -3.22. The molecule has 5 nitrogen and oxygen atoms in total. The van der Waals surface area contributed by atoms with Crippen molar-refractivity contribution in [3.63, 3.8) is 0 Å². The summed E-state index contributed by atoms with van der Waals surface area (Å²) in [7, 11) is 0. The Balaban J connectivity index is 1.46. The molecule has 1 aliphatic heterocycles. The van der Waals surface area contributed by atoms with Crippen LogP contribution in [0.25, 0.3) is 0 Å². The zero-order valence-electron chi connectivity index (χ0n) is 17.6. The van der Waals surface area contributed by atoms with Gasteiger partial charge in [0.05, 0.1) is 11.3 Å². The molecule has 1 aromatic carbocycles. The summed E-state index contributed by atoms with van der Waals surface area (Å²) in [4.78, 5) is 27.8. The molecule has 1 saturated heterocycles. The van der Waals surface area contributed by atoms with Crippen molar-refractivity contribution < 1.29 is 13.6 Å². The average molecular weight is 422 g/mol. The summed E-state index contributed by atoms with van der Waals surface area (Å²) in [6.07, 6.45) is 5.22. The molecular formula is C24H24F2N4O. The molecule has 0 saturated carbocycles. The summed E-state index contributed by atoms with van der Waals surface area (Å²) < 4.78 is 27.8. The monoisotopic (exact) mass is 422 g/mol. The highest BCUT2D eigenvalue weighted by atomic mass is 19.1. The summed E-state index contributed by atoms with van der Waals surface area (Å²) in [5.74, 6) is -0.413. The predicted molar refractivity (Wildman–Crippen MR) is 113 cm³/mol. The third-order valence-corrected chi connectivity index (χ3v) is 5.75. The maximum Gasteiger partial charge on any atom is 0.257 e. The first-order valence-corrected chi connectivity index (χ1v) is 10.4. The number of piperidine rings is 1. The van der Waals surface area contributed by atoms with E-state index in [1.807, 2.05) is 24.0 Å². The van der Waals surface area contributed by atoms with Gasteiger partial charge in [0, 0.05) is 49.1 Å². The highest BCUT2D eigenvalue weighted by molar-refractivity contribution is 5.95. The first-order chi connectivity index (χ1) is 14.9. The molecule has 1 atom stereocenters. The van der Waals surface area contributed by atoms with Gasteiger partial charge in [0.2, 0.25) is 0 Å². The van der Waals surface area contributed by atoms with Gasteiger partial charge in [0.1, 0.15) is 17.5 Å². The highest BCUT2D eigenvalue weighted by Gasteiger charge is 2.27. The van der Waals surface area contributed by atoms with Crippen LogP contribution in [-0.2, 0) is 6.42 Å².